The number of hydrogen-bond donors (Lipinski definition) is 3. The molecule has 0 saturated heterocycles. The quantitative estimate of drug-likeness (QED) is 0.736. The van der Waals surface area contributed by atoms with Crippen molar-refractivity contribution in [2.75, 3.05) is 6.54 Å². The van der Waals surface area contributed by atoms with Crippen molar-refractivity contribution < 1.29 is 4.79 Å². The van der Waals surface area contributed by atoms with Gasteiger partial charge in [-0.05, 0) is 24.8 Å². The summed E-state index contributed by atoms with van der Waals surface area (Å²) in [5, 5.41) is 9.00. The minimum absolute atomic E-state index is 0.214. The second-order valence-corrected chi connectivity index (χ2v) is 5.45. The second-order valence-electron chi connectivity index (χ2n) is 5.45. The molecule has 1 aliphatic rings. The number of carbonyl (C=O) groups excluding carboxylic acids is 1. The maximum Gasteiger partial charge on any atom is 0.272 e. The van der Waals surface area contributed by atoms with Crippen molar-refractivity contribution in [1.82, 2.24) is 15.5 Å². The first kappa shape index (κ1) is 13.7. The van der Waals surface area contributed by atoms with Crippen LogP contribution in [0.5, 0.6) is 0 Å². The van der Waals surface area contributed by atoms with Gasteiger partial charge < -0.3 is 11.1 Å². The molecule has 0 aromatic carbocycles. The van der Waals surface area contributed by atoms with Gasteiger partial charge in [0.2, 0.25) is 0 Å². The smallest absolute Gasteiger partial charge is 0.272 e. The number of aromatic nitrogens is 2. The second kappa shape index (κ2) is 5.52. The molecule has 2 rings (SSSR count). The molecule has 104 valence electrons. The first-order valence-electron chi connectivity index (χ1n) is 6.63. The monoisotopic (exact) mass is 264 g/mol. The van der Waals surface area contributed by atoms with E-state index in [2.05, 4.69) is 22.4 Å². The van der Waals surface area contributed by atoms with Gasteiger partial charge in [-0.15, -0.1) is 0 Å². The van der Waals surface area contributed by atoms with E-state index in [1.807, 2.05) is 0 Å². The van der Waals surface area contributed by atoms with Crippen molar-refractivity contribution in [3.05, 3.63) is 28.2 Å². The van der Waals surface area contributed by atoms with Gasteiger partial charge in [0.1, 0.15) is 5.69 Å². The van der Waals surface area contributed by atoms with Gasteiger partial charge in [0.25, 0.3) is 11.5 Å². The summed E-state index contributed by atoms with van der Waals surface area (Å²) < 4.78 is 0. The zero-order valence-electron chi connectivity index (χ0n) is 11.1. The molecule has 0 aliphatic heterocycles. The van der Waals surface area contributed by atoms with Crippen LogP contribution in [0.3, 0.4) is 0 Å². The van der Waals surface area contributed by atoms with Crippen LogP contribution in [-0.2, 0) is 0 Å². The summed E-state index contributed by atoms with van der Waals surface area (Å²) >= 11 is 0. The Morgan fingerprint density at radius 1 is 1.63 bits per heavy atom. The molecule has 1 aromatic heterocycles. The van der Waals surface area contributed by atoms with Crippen molar-refractivity contribution in [2.24, 2.45) is 11.7 Å². The van der Waals surface area contributed by atoms with Crippen LogP contribution in [0.4, 0.5) is 0 Å². The van der Waals surface area contributed by atoms with Crippen LogP contribution in [-0.4, -0.2) is 28.2 Å². The lowest BCUT2D eigenvalue weighted by atomic mass is 9.76. The van der Waals surface area contributed by atoms with Gasteiger partial charge >= 0.3 is 0 Å². The number of aromatic amines is 1. The zero-order valence-corrected chi connectivity index (χ0v) is 11.1. The molecular formula is C13H20N4O2. The number of carbonyl (C=O) groups is 1. The Kier molecular flexibility index (Phi) is 3.99. The summed E-state index contributed by atoms with van der Waals surface area (Å²) in [6, 6.07) is 2.71. The van der Waals surface area contributed by atoms with Crippen molar-refractivity contribution in [2.45, 2.75) is 38.1 Å². The molecule has 1 amide bonds. The lowest BCUT2D eigenvalue weighted by Crippen LogP contribution is -2.56. The summed E-state index contributed by atoms with van der Waals surface area (Å²) in [4.78, 5) is 23.1. The Hall–Kier alpha value is -1.69. The van der Waals surface area contributed by atoms with E-state index in [1.54, 1.807) is 0 Å². The number of rotatable bonds is 3. The lowest BCUT2D eigenvalue weighted by molar-refractivity contribution is 0.0847. The van der Waals surface area contributed by atoms with Crippen LogP contribution in [0.25, 0.3) is 0 Å². The Morgan fingerprint density at radius 3 is 3.00 bits per heavy atom. The largest absolute Gasteiger partial charge is 0.344 e. The summed E-state index contributed by atoms with van der Waals surface area (Å²) in [7, 11) is 0. The predicted molar refractivity (Wildman–Crippen MR) is 71.7 cm³/mol. The maximum absolute atomic E-state index is 12.1. The fraction of sp³-hybridized carbons (Fsp3) is 0.615. The fourth-order valence-corrected chi connectivity index (χ4v) is 2.79. The Labute approximate surface area is 111 Å². The molecule has 1 saturated carbocycles. The molecule has 6 nitrogen and oxygen atoms in total. The highest BCUT2D eigenvalue weighted by Crippen LogP contribution is 2.31. The van der Waals surface area contributed by atoms with E-state index in [1.165, 1.54) is 18.6 Å². The number of amides is 1. The third-order valence-electron chi connectivity index (χ3n) is 3.77. The van der Waals surface area contributed by atoms with Crippen molar-refractivity contribution in [1.29, 1.82) is 0 Å². The highest BCUT2D eigenvalue weighted by atomic mass is 16.2. The van der Waals surface area contributed by atoms with Crippen LogP contribution in [0.2, 0.25) is 0 Å². The third-order valence-corrected chi connectivity index (χ3v) is 3.77. The molecule has 1 aromatic rings. The molecule has 1 heterocycles. The first-order valence-corrected chi connectivity index (χ1v) is 6.63. The standard InChI is InChI=1S/C13H20N4O2/c1-9-3-2-6-13(7-9,8-14)15-12(19)10-4-5-11(18)17-16-10/h4-5,9H,2-3,6-8,14H2,1H3,(H,15,19)(H,17,18). The van der Waals surface area contributed by atoms with E-state index in [4.69, 9.17) is 5.73 Å². The summed E-state index contributed by atoms with van der Waals surface area (Å²) in [5.41, 5.74) is 5.41. The highest BCUT2D eigenvalue weighted by Gasteiger charge is 2.35. The molecule has 0 spiro atoms. The van der Waals surface area contributed by atoms with E-state index in [9.17, 15) is 9.59 Å². The third kappa shape index (κ3) is 3.20. The van der Waals surface area contributed by atoms with E-state index < -0.39 is 0 Å². The molecule has 1 fully saturated rings. The minimum Gasteiger partial charge on any atom is -0.344 e. The number of nitrogens with zero attached hydrogens (tertiary/aromatic N) is 1. The van der Waals surface area contributed by atoms with Gasteiger partial charge in [-0.25, -0.2) is 5.10 Å². The molecule has 2 unspecified atom stereocenters. The van der Waals surface area contributed by atoms with Crippen LogP contribution < -0.4 is 16.6 Å². The van der Waals surface area contributed by atoms with Crippen molar-refractivity contribution in [3.63, 3.8) is 0 Å². The van der Waals surface area contributed by atoms with Gasteiger partial charge in [0, 0.05) is 12.6 Å². The zero-order chi connectivity index (χ0) is 13.9. The molecule has 2 atom stereocenters. The number of hydrogen-bond acceptors (Lipinski definition) is 4. The molecule has 0 radical (unpaired) electrons. The van der Waals surface area contributed by atoms with Crippen LogP contribution in [0.1, 0.15) is 43.1 Å². The maximum atomic E-state index is 12.1. The van der Waals surface area contributed by atoms with E-state index in [-0.39, 0.29) is 22.7 Å². The predicted octanol–water partition coefficient (Wildman–Crippen LogP) is 0.407. The van der Waals surface area contributed by atoms with E-state index in [0.29, 0.717) is 12.5 Å². The molecule has 1 aliphatic carbocycles. The van der Waals surface area contributed by atoms with Gasteiger partial charge in [-0.1, -0.05) is 19.8 Å². The van der Waals surface area contributed by atoms with Crippen LogP contribution in [0, 0.1) is 5.92 Å². The lowest BCUT2D eigenvalue weighted by Gasteiger charge is -2.39. The normalized spacial score (nSPS) is 26.9. The average Bonchev–Trinajstić information content (AvgIpc) is 2.39. The van der Waals surface area contributed by atoms with E-state index in [0.717, 1.165) is 19.3 Å². The van der Waals surface area contributed by atoms with Crippen LogP contribution in [0.15, 0.2) is 16.9 Å². The Morgan fingerprint density at radius 2 is 2.42 bits per heavy atom. The average molecular weight is 264 g/mol. The fourth-order valence-electron chi connectivity index (χ4n) is 2.79. The molecular weight excluding hydrogens is 244 g/mol. The van der Waals surface area contributed by atoms with Gasteiger partial charge in [-0.2, -0.15) is 5.10 Å². The molecule has 6 heteroatoms. The first-order chi connectivity index (χ1) is 9.04. The van der Waals surface area contributed by atoms with Gasteiger partial charge in [0.15, 0.2) is 0 Å². The van der Waals surface area contributed by atoms with Crippen molar-refractivity contribution >= 4 is 5.91 Å². The summed E-state index contributed by atoms with van der Waals surface area (Å²) in [6.07, 6.45) is 4.02. The Bertz CT molecular complexity index is 493. The van der Waals surface area contributed by atoms with Crippen molar-refractivity contribution in [3.8, 4) is 0 Å². The van der Waals surface area contributed by atoms with Gasteiger partial charge in [0.05, 0.1) is 5.54 Å². The number of nitrogens with one attached hydrogen (secondary N) is 2. The highest BCUT2D eigenvalue weighted by molar-refractivity contribution is 5.92. The van der Waals surface area contributed by atoms with Crippen LogP contribution >= 0.6 is 0 Å². The number of H-pyrrole nitrogens is 1. The minimum atomic E-state index is -0.341. The van der Waals surface area contributed by atoms with E-state index >= 15 is 0 Å². The topological polar surface area (TPSA) is 101 Å². The van der Waals surface area contributed by atoms with Gasteiger partial charge in [-0.3, -0.25) is 9.59 Å². The Balaban J connectivity index is 2.11. The molecule has 0 bridgehead atoms. The number of nitrogens with two attached hydrogens (primary N) is 1. The molecule has 19 heavy (non-hydrogen) atoms. The SMILES string of the molecule is CC1CCCC(CN)(NC(=O)c2ccc(=O)[nH]n2)C1. The summed E-state index contributed by atoms with van der Waals surface area (Å²) in [5.74, 6) is 0.275. The molecule has 4 N–H and O–H groups in total. The summed E-state index contributed by atoms with van der Waals surface area (Å²) in [6.45, 7) is 2.60.